The Balaban J connectivity index is 0.000000133. The number of amides is 1. The molecule has 0 bridgehead atoms. The fourth-order valence-electron chi connectivity index (χ4n) is 10.4. The van der Waals surface area contributed by atoms with Gasteiger partial charge >= 0.3 is 6.09 Å². The summed E-state index contributed by atoms with van der Waals surface area (Å²) in [7, 11) is 2.68. The maximum atomic E-state index is 14.2. The average molecular weight is 1240 g/mol. The number of morpholine rings is 1. The molecule has 0 saturated carbocycles. The van der Waals surface area contributed by atoms with E-state index in [-0.39, 0.29) is 71.9 Å². The summed E-state index contributed by atoms with van der Waals surface area (Å²) < 4.78 is 57.4. The minimum atomic E-state index is -0.668. The van der Waals surface area contributed by atoms with Crippen molar-refractivity contribution in [3.05, 3.63) is 193 Å². The van der Waals surface area contributed by atoms with E-state index >= 15 is 0 Å². The summed E-state index contributed by atoms with van der Waals surface area (Å²) in [5, 5.41) is 16.0. The van der Waals surface area contributed by atoms with Crippen LogP contribution in [0, 0.1) is 17.5 Å². The van der Waals surface area contributed by atoms with E-state index in [9.17, 15) is 18.0 Å². The van der Waals surface area contributed by atoms with Gasteiger partial charge < -0.3 is 43.0 Å². The van der Waals surface area contributed by atoms with Gasteiger partial charge in [-0.2, -0.15) is 15.3 Å². The number of anilines is 7. The van der Waals surface area contributed by atoms with E-state index in [4.69, 9.17) is 33.4 Å². The lowest BCUT2D eigenvalue weighted by Crippen LogP contribution is -2.37. The third-order valence-electron chi connectivity index (χ3n) is 14.8. The highest BCUT2D eigenvalue weighted by atomic mass is 19.1. The Hall–Kier alpha value is -12.3. The molecule has 0 atom stereocenters. The fraction of sp³-hybridized carbons (Fsp3) is 0.143. The van der Waals surface area contributed by atoms with Crippen molar-refractivity contribution < 1.29 is 27.4 Å². The Kier molecular flexibility index (Phi) is 17.1. The first-order valence-electron chi connectivity index (χ1n) is 28.4. The lowest BCUT2D eigenvalue weighted by molar-refractivity contribution is 0.123. The predicted molar refractivity (Wildman–Crippen MR) is 341 cm³/mol. The molecule has 10 aromatic heterocycles. The highest BCUT2D eigenvalue weighted by molar-refractivity contribution is 5.96. The van der Waals surface area contributed by atoms with E-state index in [2.05, 4.69) is 69.9 Å². The second-order valence-electron chi connectivity index (χ2n) is 20.6. The molecule has 462 valence electrons. The number of nitrogen functional groups attached to an aromatic ring is 5. The monoisotopic (exact) mass is 1240 g/mol. The predicted octanol–water partition coefficient (Wildman–Crippen LogP) is 8.24. The largest absolute Gasteiger partial charge is 0.452 e. The molecule has 0 radical (unpaired) electrons. The number of nitrogens with zero attached hydrogens (tertiary/aromatic N) is 18. The van der Waals surface area contributed by atoms with E-state index in [1.54, 1.807) is 124 Å². The number of aromatic nitrogens is 16. The van der Waals surface area contributed by atoms with Crippen LogP contribution < -0.4 is 38.5 Å². The third kappa shape index (κ3) is 12.3. The number of fused-ring (bicyclic) bond motifs is 3. The van der Waals surface area contributed by atoms with Crippen molar-refractivity contribution >= 4 is 79.7 Å². The maximum Gasteiger partial charge on any atom is 0.413 e. The molecule has 26 nitrogen and oxygen atoms in total. The molecule has 1 aliphatic heterocycles. The summed E-state index contributed by atoms with van der Waals surface area (Å²) in [6.45, 7) is 3.15. The van der Waals surface area contributed by atoms with Crippen LogP contribution >= 0.6 is 0 Å². The number of pyridine rings is 4. The highest BCUT2D eigenvalue weighted by Crippen LogP contribution is 2.36. The second kappa shape index (κ2) is 26.2. The van der Waals surface area contributed by atoms with Gasteiger partial charge in [0.05, 0.1) is 56.1 Å². The van der Waals surface area contributed by atoms with E-state index in [0.717, 1.165) is 26.8 Å². The van der Waals surface area contributed by atoms with Gasteiger partial charge in [-0.05, 0) is 72.3 Å². The molecule has 1 fully saturated rings. The molecule has 1 amide bonds. The van der Waals surface area contributed by atoms with E-state index in [1.807, 2.05) is 35.2 Å². The number of halogens is 3. The first-order chi connectivity index (χ1) is 44.7. The Labute approximate surface area is 521 Å². The number of hydrogen-bond acceptors (Lipinski definition) is 22. The number of rotatable bonds is 12. The van der Waals surface area contributed by atoms with Gasteiger partial charge in [0.2, 0.25) is 0 Å². The number of benzene rings is 3. The quantitative estimate of drug-likeness (QED) is 0.0768. The van der Waals surface area contributed by atoms with E-state index < -0.39 is 6.09 Å². The van der Waals surface area contributed by atoms with Crippen LogP contribution in [0.25, 0.3) is 78.8 Å². The molecule has 1 aliphatic rings. The van der Waals surface area contributed by atoms with Gasteiger partial charge in [0.25, 0.3) is 0 Å². The van der Waals surface area contributed by atoms with Gasteiger partial charge in [0, 0.05) is 79.6 Å². The molecule has 1 saturated heterocycles. The Morgan fingerprint density at radius 2 is 0.913 bits per heavy atom. The molecule has 14 rings (SSSR count). The molecular weight excluding hydrogens is 1180 g/mol. The van der Waals surface area contributed by atoms with Crippen LogP contribution in [0.3, 0.4) is 0 Å². The molecule has 10 N–H and O–H groups in total. The topological polar surface area (TPSA) is 354 Å². The summed E-state index contributed by atoms with van der Waals surface area (Å²) >= 11 is 0. The minimum absolute atomic E-state index is 0.0175. The summed E-state index contributed by atoms with van der Waals surface area (Å²) in [4.78, 5) is 58.7. The maximum absolute atomic E-state index is 14.2. The zero-order valence-electron chi connectivity index (χ0n) is 49.3. The van der Waals surface area contributed by atoms with Gasteiger partial charge in [0.1, 0.15) is 51.7 Å². The molecule has 0 spiro atoms. The lowest BCUT2D eigenvalue weighted by Gasteiger charge is -2.29. The van der Waals surface area contributed by atoms with Crippen LogP contribution in [0.4, 0.5) is 58.4 Å². The summed E-state index contributed by atoms with van der Waals surface area (Å²) in [6, 6.07) is 34.2. The van der Waals surface area contributed by atoms with Crippen LogP contribution in [0.15, 0.2) is 159 Å². The van der Waals surface area contributed by atoms with Crippen molar-refractivity contribution in [1.29, 1.82) is 0 Å². The molecule has 11 heterocycles. The third-order valence-corrected chi connectivity index (χ3v) is 14.8. The average Bonchev–Trinajstić information content (AvgIpc) is 1.74. The van der Waals surface area contributed by atoms with Crippen molar-refractivity contribution in [3.8, 4) is 45.7 Å². The van der Waals surface area contributed by atoms with Crippen molar-refractivity contribution in [3.63, 3.8) is 0 Å². The Morgan fingerprint density at radius 1 is 0.511 bits per heavy atom. The zero-order chi connectivity index (χ0) is 64.0. The van der Waals surface area contributed by atoms with Gasteiger partial charge in [-0.1, -0.05) is 54.6 Å². The number of methoxy groups -OCH3 is 1. The second-order valence-corrected chi connectivity index (χ2v) is 20.6. The highest BCUT2D eigenvalue weighted by Gasteiger charge is 2.26. The van der Waals surface area contributed by atoms with Gasteiger partial charge in [0.15, 0.2) is 57.7 Å². The van der Waals surface area contributed by atoms with Crippen molar-refractivity contribution in [2.24, 2.45) is 0 Å². The Bertz CT molecular complexity index is 4800. The van der Waals surface area contributed by atoms with Crippen LogP contribution in [0.1, 0.15) is 16.7 Å². The summed E-state index contributed by atoms with van der Waals surface area (Å²) in [6.07, 6.45) is 9.33. The molecule has 0 aliphatic carbocycles. The molecule has 92 heavy (non-hydrogen) atoms. The fourth-order valence-corrected chi connectivity index (χ4v) is 10.4. The summed E-state index contributed by atoms with van der Waals surface area (Å²) in [5.74, 6) is 0.775. The first kappa shape index (κ1) is 60.0. The SMILES string of the molecule is COC(=O)N(C)c1c(N)nc(-c2nn(Cc3ccccc3F)c3ncccc23)nc1N.Nc1nc(-c2nn(Cc3ccccc3F)c3ncccc23)nc(N)c1N1CCOCC1.Nc1nc(-c2nn(Cc3ccccc3F)c3ncccc23)ncc1-c1ccncc1. The van der Waals surface area contributed by atoms with Crippen LogP contribution in [-0.2, 0) is 29.1 Å². The molecule has 3 aromatic carbocycles. The molecule has 13 aromatic rings. The first-order valence-corrected chi connectivity index (χ1v) is 28.4. The number of hydrogen-bond donors (Lipinski definition) is 5. The molecular formula is C63H56F3N23O3. The number of carbonyl (C=O) groups excluding carboxylic acids is 1. The number of ether oxygens (including phenoxy) is 2. The normalized spacial score (nSPS) is 12.1. The van der Waals surface area contributed by atoms with Crippen LogP contribution in [-0.4, -0.2) is 126 Å². The van der Waals surface area contributed by atoms with Crippen LogP contribution in [0.2, 0.25) is 0 Å². The van der Waals surface area contributed by atoms with E-state index in [0.29, 0.717) is 106 Å². The van der Waals surface area contributed by atoms with Crippen LogP contribution in [0.5, 0.6) is 0 Å². The van der Waals surface area contributed by atoms with Crippen molar-refractivity contribution in [2.45, 2.75) is 19.6 Å². The van der Waals surface area contributed by atoms with Crippen molar-refractivity contribution in [2.75, 3.05) is 78.9 Å². The minimum Gasteiger partial charge on any atom is -0.452 e. The molecule has 0 unspecified atom stereocenters. The smallest absolute Gasteiger partial charge is 0.413 e. The molecule has 29 heteroatoms. The number of carbonyl (C=O) groups is 1. The van der Waals surface area contributed by atoms with Gasteiger partial charge in [-0.3, -0.25) is 9.88 Å². The number of nitrogens with two attached hydrogens (primary N) is 5. The van der Waals surface area contributed by atoms with Gasteiger partial charge in [-0.15, -0.1) is 0 Å². The van der Waals surface area contributed by atoms with E-state index in [1.165, 1.54) is 32.4 Å². The lowest BCUT2D eigenvalue weighted by atomic mass is 10.1. The standard InChI is InChI=1S/C22H16FN7.C21H21FN8O.C20H19FN8O2/c23-18-6-2-1-4-15(18)13-30-22-16(5-3-9-26-22)19(29-30)21-27-12-17(20(24)28-21)14-7-10-25-11-8-14;22-15-6-2-1-4-13(15)12-30-21-14(5-3-7-25-21)16(28-30)20-26-18(23)17(19(24)27-20)29-8-10-31-11-9-29;1-28(20(30)31-2)15-16(22)25-18(26-17(15)23)14-12-7-5-9-24-19(12)29(27-14)10-11-6-3-4-8-13(11)21/h1-12H,13H2,(H2,24,27,28);1-7H,8-12H2,(H4,23,24,26,27);3-9H,10H2,1-2H3,(H4,22,23,25,26). The zero-order valence-corrected chi connectivity index (χ0v) is 49.3. The Morgan fingerprint density at radius 3 is 1.33 bits per heavy atom. The van der Waals surface area contributed by atoms with Crippen molar-refractivity contribution in [1.82, 2.24) is 79.2 Å². The van der Waals surface area contributed by atoms with Gasteiger partial charge in [-0.25, -0.2) is 76.9 Å². The summed E-state index contributed by atoms with van der Waals surface area (Å²) in [5.41, 5.74) is 37.9.